The summed E-state index contributed by atoms with van der Waals surface area (Å²) in [5.74, 6) is -1.64. The number of benzene rings is 1. The summed E-state index contributed by atoms with van der Waals surface area (Å²) >= 11 is 6.03. The quantitative estimate of drug-likeness (QED) is 0.892. The van der Waals surface area contributed by atoms with Gasteiger partial charge in [0.2, 0.25) is 5.91 Å². The zero-order valence-electron chi connectivity index (χ0n) is 14.4. The molecular weight excluding hydrogens is 340 g/mol. The number of carboxylic acid groups (broad SMARTS) is 1. The molecule has 1 N–H and O–H groups in total. The van der Waals surface area contributed by atoms with Gasteiger partial charge in [-0.15, -0.1) is 0 Å². The van der Waals surface area contributed by atoms with Crippen molar-refractivity contribution in [3.8, 4) is 0 Å². The van der Waals surface area contributed by atoms with Crippen molar-refractivity contribution < 1.29 is 14.7 Å². The number of carbonyl (C=O) groups excluding carboxylic acids is 1. The molecule has 136 valence electrons. The lowest BCUT2D eigenvalue weighted by Crippen LogP contribution is -2.51. The van der Waals surface area contributed by atoms with Crippen LogP contribution in [0.2, 0.25) is 5.02 Å². The lowest BCUT2D eigenvalue weighted by Gasteiger charge is -2.38. The number of piperazine rings is 1. The molecule has 2 unspecified atom stereocenters. The lowest BCUT2D eigenvalue weighted by molar-refractivity contribution is -0.153. The third-order valence-electron chi connectivity index (χ3n) is 5.38. The molecule has 0 spiro atoms. The van der Waals surface area contributed by atoms with Crippen molar-refractivity contribution in [2.24, 2.45) is 11.8 Å². The first kappa shape index (κ1) is 18.2. The van der Waals surface area contributed by atoms with Crippen molar-refractivity contribution in [3.05, 3.63) is 34.9 Å². The van der Waals surface area contributed by atoms with E-state index in [9.17, 15) is 14.7 Å². The van der Waals surface area contributed by atoms with Crippen molar-refractivity contribution in [1.29, 1.82) is 0 Å². The van der Waals surface area contributed by atoms with Gasteiger partial charge in [0.1, 0.15) is 0 Å². The zero-order chi connectivity index (χ0) is 17.8. The standard InChI is InChI=1S/C19H25ClN2O3/c20-15-5-3-4-14(12-15)13-21-8-10-22(11-9-21)18(23)16-6-1-2-7-17(16)19(24)25/h3-5,12,16-17H,1-2,6-11,13H2,(H,24,25). The Morgan fingerprint density at radius 3 is 2.40 bits per heavy atom. The van der Waals surface area contributed by atoms with Gasteiger partial charge in [-0.1, -0.05) is 36.6 Å². The predicted molar refractivity (Wildman–Crippen MR) is 96.4 cm³/mol. The second kappa shape index (κ2) is 8.19. The number of nitrogens with zero attached hydrogens (tertiary/aromatic N) is 2. The maximum atomic E-state index is 12.8. The summed E-state index contributed by atoms with van der Waals surface area (Å²) in [6, 6.07) is 7.85. The van der Waals surface area contributed by atoms with Crippen molar-refractivity contribution in [1.82, 2.24) is 9.80 Å². The summed E-state index contributed by atoms with van der Waals surface area (Å²) in [6.45, 7) is 3.78. The fraction of sp³-hybridized carbons (Fsp3) is 0.579. The van der Waals surface area contributed by atoms with Crippen LogP contribution >= 0.6 is 11.6 Å². The zero-order valence-corrected chi connectivity index (χ0v) is 15.1. The monoisotopic (exact) mass is 364 g/mol. The molecule has 1 heterocycles. The molecule has 1 aliphatic heterocycles. The highest BCUT2D eigenvalue weighted by molar-refractivity contribution is 6.30. The highest BCUT2D eigenvalue weighted by Crippen LogP contribution is 2.32. The molecule has 1 aromatic carbocycles. The molecule has 25 heavy (non-hydrogen) atoms. The topological polar surface area (TPSA) is 60.9 Å². The highest BCUT2D eigenvalue weighted by Gasteiger charge is 2.38. The van der Waals surface area contributed by atoms with Gasteiger partial charge in [0.25, 0.3) is 0 Å². The van der Waals surface area contributed by atoms with E-state index in [1.54, 1.807) is 0 Å². The molecule has 1 aliphatic carbocycles. The molecule has 1 saturated carbocycles. The van der Waals surface area contributed by atoms with Crippen LogP contribution in [0.1, 0.15) is 31.2 Å². The molecular formula is C19H25ClN2O3. The van der Waals surface area contributed by atoms with E-state index in [0.717, 1.165) is 37.5 Å². The molecule has 2 fully saturated rings. The van der Waals surface area contributed by atoms with Gasteiger partial charge in [0.05, 0.1) is 11.8 Å². The number of halogens is 1. The molecule has 1 aromatic rings. The van der Waals surface area contributed by atoms with E-state index in [-0.39, 0.29) is 11.8 Å². The Balaban J connectivity index is 1.54. The second-order valence-corrected chi connectivity index (χ2v) is 7.50. The van der Waals surface area contributed by atoms with Crippen molar-refractivity contribution in [2.45, 2.75) is 32.2 Å². The van der Waals surface area contributed by atoms with Crippen LogP contribution in [-0.4, -0.2) is 53.0 Å². The Morgan fingerprint density at radius 1 is 1.08 bits per heavy atom. The number of rotatable bonds is 4. The largest absolute Gasteiger partial charge is 0.481 e. The molecule has 3 rings (SSSR count). The minimum Gasteiger partial charge on any atom is -0.481 e. The smallest absolute Gasteiger partial charge is 0.307 e. The van der Waals surface area contributed by atoms with E-state index in [1.807, 2.05) is 23.1 Å². The Bertz CT molecular complexity index is 629. The van der Waals surface area contributed by atoms with Crippen molar-refractivity contribution in [2.75, 3.05) is 26.2 Å². The average molecular weight is 365 g/mol. The lowest BCUT2D eigenvalue weighted by atomic mass is 9.78. The van der Waals surface area contributed by atoms with Gasteiger partial charge in [0.15, 0.2) is 0 Å². The number of hydrogen-bond acceptors (Lipinski definition) is 3. The van der Waals surface area contributed by atoms with E-state index >= 15 is 0 Å². The number of carboxylic acids is 1. The summed E-state index contributed by atoms with van der Waals surface area (Å²) in [7, 11) is 0. The molecule has 1 saturated heterocycles. The van der Waals surface area contributed by atoms with Gasteiger partial charge in [-0.05, 0) is 30.5 Å². The van der Waals surface area contributed by atoms with Gasteiger partial charge in [-0.2, -0.15) is 0 Å². The first-order chi connectivity index (χ1) is 12.0. The van der Waals surface area contributed by atoms with Crippen LogP contribution in [0.5, 0.6) is 0 Å². The molecule has 2 aliphatic rings. The summed E-state index contributed by atoms with van der Waals surface area (Å²) in [6.07, 6.45) is 3.20. The Morgan fingerprint density at radius 2 is 1.76 bits per heavy atom. The molecule has 0 bridgehead atoms. The average Bonchev–Trinajstić information content (AvgIpc) is 2.62. The van der Waals surface area contributed by atoms with E-state index in [4.69, 9.17) is 11.6 Å². The summed E-state index contributed by atoms with van der Waals surface area (Å²) in [5, 5.41) is 10.1. The van der Waals surface area contributed by atoms with E-state index < -0.39 is 11.9 Å². The van der Waals surface area contributed by atoms with Crippen LogP contribution in [0.15, 0.2) is 24.3 Å². The molecule has 1 amide bonds. The Hall–Kier alpha value is -1.59. The van der Waals surface area contributed by atoms with Crippen LogP contribution < -0.4 is 0 Å². The summed E-state index contributed by atoms with van der Waals surface area (Å²) in [5.41, 5.74) is 1.17. The van der Waals surface area contributed by atoms with Crippen LogP contribution in [0.25, 0.3) is 0 Å². The minimum atomic E-state index is -0.822. The van der Waals surface area contributed by atoms with Crippen LogP contribution in [-0.2, 0) is 16.1 Å². The minimum absolute atomic E-state index is 0.0366. The maximum absolute atomic E-state index is 12.8. The fourth-order valence-electron chi connectivity index (χ4n) is 3.98. The number of amides is 1. The second-order valence-electron chi connectivity index (χ2n) is 7.07. The Labute approximate surface area is 153 Å². The molecule has 0 radical (unpaired) electrons. The van der Waals surface area contributed by atoms with Crippen LogP contribution in [0, 0.1) is 11.8 Å². The Kier molecular flexibility index (Phi) is 5.97. The van der Waals surface area contributed by atoms with Crippen molar-refractivity contribution >= 4 is 23.5 Å². The third kappa shape index (κ3) is 4.53. The summed E-state index contributed by atoms with van der Waals surface area (Å²) in [4.78, 5) is 28.4. The number of hydrogen-bond donors (Lipinski definition) is 1. The van der Waals surface area contributed by atoms with Gasteiger partial charge >= 0.3 is 5.97 Å². The third-order valence-corrected chi connectivity index (χ3v) is 5.61. The first-order valence-electron chi connectivity index (χ1n) is 9.03. The SMILES string of the molecule is O=C(O)C1CCCCC1C(=O)N1CCN(Cc2cccc(Cl)c2)CC1. The number of carbonyl (C=O) groups is 2. The van der Waals surface area contributed by atoms with E-state index in [1.165, 1.54) is 5.56 Å². The normalized spacial score (nSPS) is 24.9. The maximum Gasteiger partial charge on any atom is 0.307 e. The van der Waals surface area contributed by atoms with E-state index in [2.05, 4.69) is 11.0 Å². The van der Waals surface area contributed by atoms with Crippen LogP contribution in [0.3, 0.4) is 0 Å². The van der Waals surface area contributed by atoms with Gasteiger partial charge in [-0.25, -0.2) is 0 Å². The van der Waals surface area contributed by atoms with E-state index in [0.29, 0.717) is 25.9 Å². The summed E-state index contributed by atoms with van der Waals surface area (Å²) < 4.78 is 0. The van der Waals surface area contributed by atoms with Crippen molar-refractivity contribution in [3.63, 3.8) is 0 Å². The van der Waals surface area contributed by atoms with Gasteiger partial charge in [0, 0.05) is 37.7 Å². The first-order valence-corrected chi connectivity index (χ1v) is 9.41. The van der Waals surface area contributed by atoms with Gasteiger partial charge in [-0.3, -0.25) is 14.5 Å². The van der Waals surface area contributed by atoms with Gasteiger partial charge < -0.3 is 10.0 Å². The highest BCUT2D eigenvalue weighted by atomic mass is 35.5. The predicted octanol–water partition coefficient (Wildman–Crippen LogP) is 2.88. The van der Waals surface area contributed by atoms with Crippen LogP contribution in [0.4, 0.5) is 0 Å². The molecule has 2 atom stereocenters. The fourth-order valence-corrected chi connectivity index (χ4v) is 4.19. The number of aliphatic carboxylic acids is 1. The molecule has 0 aromatic heterocycles. The molecule has 5 nitrogen and oxygen atoms in total. The molecule has 6 heteroatoms.